The van der Waals surface area contributed by atoms with Crippen molar-refractivity contribution in [2.45, 2.75) is 44.8 Å². The van der Waals surface area contributed by atoms with Crippen LogP contribution in [-0.4, -0.2) is 24.7 Å². The number of hydrogen-bond acceptors (Lipinski definition) is 2. The third-order valence-electron chi connectivity index (χ3n) is 3.32. The molecule has 1 aromatic carbocycles. The molecule has 3 heteroatoms. The smallest absolute Gasteiger partial charge is 0.249 e. The average Bonchev–Trinajstić information content (AvgIpc) is 2.91. The summed E-state index contributed by atoms with van der Waals surface area (Å²) in [6.07, 6.45) is 3.59. The van der Waals surface area contributed by atoms with Crippen LogP contribution in [0, 0.1) is 0 Å². The molecule has 1 aromatic rings. The Labute approximate surface area is 109 Å². The molecule has 0 radical (unpaired) electrons. The third kappa shape index (κ3) is 3.84. The number of aryl methyl sites for hydroxylation is 1. The number of nitrogens with one attached hydrogen (secondary N) is 1. The molecular weight excluding hydrogens is 226 g/mol. The second-order valence-corrected chi connectivity index (χ2v) is 4.94. The van der Waals surface area contributed by atoms with E-state index in [-0.39, 0.29) is 18.1 Å². The summed E-state index contributed by atoms with van der Waals surface area (Å²) in [5, 5.41) is 3.03. The Bertz CT molecular complexity index is 371. The normalized spacial score (nSPS) is 20.6. The van der Waals surface area contributed by atoms with Crippen molar-refractivity contribution < 1.29 is 9.53 Å². The lowest BCUT2D eigenvalue weighted by Gasteiger charge is -2.16. The minimum Gasteiger partial charge on any atom is -0.368 e. The van der Waals surface area contributed by atoms with Crippen molar-refractivity contribution in [1.29, 1.82) is 0 Å². The van der Waals surface area contributed by atoms with Crippen molar-refractivity contribution in [3.8, 4) is 0 Å². The van der Waals surface area contributed by atoms with Gasteiger partial charge in [0.25, 0.3) is 0 Å². The molecule has 2 rings (SSSR count). The number of benzene rings is 1. The topological polar surface area (TPSA) is 38.3 Å². The molecule has 2 atom stereocenters. The molecule has 0 aromatic heterocycles. The lowest BCUT2D eigenvalue weighted by molar-refractivity contribution is -0.130. The highest BCUT2D eigenvalue weighted by Gasteiger charge is 2.24. The third-order valence-corrected chi connectivity index (χ3v) is 3.32. The molecule has 18 heavy (non-hydrogen) atoms. The van der Waals surface area contributed by atoms with Gasteiger partial charge in [0.15, 0.2) is 0 Å². The van der Waals surface area contributed by atoms with Crippen LogP contribution in [0.15, 0.2) is 30.3 Å². The van der Waals surface area contributed by atoms with Crippen LogP contribution in [0.1, 0.15) is 31.7 Å². The molecular formula is C15H21NO2. The fourth-order valence-corrected chi connectivity index (χ4v) is 2.22. The van der Waals surface area contributed by atoms with E-state index in [9.17, 15) is 4.79 Å². The molecule has 1 aliphatic heterocycles. The van der Waals surface area contributed by atoms with Crippen molar-refractivity contribution in [3.63, 3.8) is 0 Å². The summed E-state index contributed by atoms with van der Waals surface area (Å²) in [6, 6.07) is 10.5. The van der Waals surface area contributed by atoms with Crippen LogP contribution in [0.2, 0.25) is 0 Å². The van der Waals surface area contributed by atoms with Crippen LogP contribution in [0.5, 0.6) is 0 Å². The van der Waals surface area contributed by atoms with Gasteiger partial charge in [0.05, 0.1) is 0 Å². The predicted octanol–water partition coefficient (Wildman–Crippen LogP) is 2.30. The second kappa shape index (κ2) is 6.55. The van der Waals surface area contributed by atoms with Gasteiger partial charge in [-0.2, -0.15) is 0 Å². The first kappa shape index (κ1) is 13.1. The predicted molar refractivity (Wildman–Crippen MR) is 71.3 cm³/mol. The van der Waals surface area contributed by atoms with Gasteiger partial charge in [-0.1, -0.05) is 30.3 Å². The molecule has 3 nitrogen and oxygen atoms in total. The number of carbonyl (C=O) groups excluding carboxylic acids is 1. The Balaban J connectivity index is 1.71. The molecule has 98 valence electrons. The van der Waals surface area contributed by atoms with Gasteiger partial charge in [-0.15, -0.1) is 0 Å². The summed E-state index contributed by atoms with van der Waals surface area (Å²) in [7, 11) is 0. The van der Waals surface area contributed by atoms with Gasteiger partial charge in [0.2, 0.25) is 5.91 Å². The summed E-state index contributed by atoms with van der Waals surface area (Å²) in [6.45, 7) is 2.77. The summed E-state index contributed by atoms with van der Waals surface area (Å²) in [5.74, 6) is 0.0491. The van der Waals surface area contributed by atoms with E-state index in [4.69, 9.17) is 4.74 Å². The monoisotopic (exact) mass is 247 g/mol. The second-order valence-electron chi connectivity index (χ2n) is 4.94. The van der Waals surface area contributed by atoms with E-state index in [1.807, 2.05) is 18.2 Å². The molecule has 0 spiro atoms. The number of hydrogen-bond donors (Lipinski definition) is 1. The fourth-order valence-electron chi connectivity index (χ4n) is 2.22. The fraction of sp³-hybridized carbons (Fsp3) is 0.533. The molecule has 1 fully saturated rings. The maximum absolute atomic E-state index is 11.8. The highest BCUT2D eigenvalue weighted by Crippen LogP contribution is 2.12. The minimum atomic E-state index is -0.218. The Kier molecular flexibility index (Phi) is 4.76. The zero-order chi connectivity index (χ0) is 12.8. The minimum absolute atomic E-state index is 0.0491. The van der Waals surface area contributed by atoms with E-state index < -0.39 is 0 Å². The zero-order valence-corrected chi connectivity index (χ0v) is 10.9. The Hall–Kier alpha value is -1.35. The van der Waals surface area contributed by atoms with Crippen molar-refractivity contribution in [2.24, 2.45) is 0 Å². The van der Waals surface area contributed by atoms with E-state index in [0.29, 0.717) is 0 Å². The highest BCUT2D eigenvalue weighted by atomic mass is 16.5. The first-order valence-electron chi connectivity index (χ1n) is 6.71. The van der Waals surface area contributed by atoms with E-state index in [2.05, 4.69) is 24.4 Å². The van der Waals surface area contributed by atoms with E-state index >= 15 is 0 Å². The van der Waals surface area contributed by atoms with E-state index in [1.54, 1.807) is 0 Å². The maximum atomic E-state index is 11.8. The van der Waals surface area contributed by atoms with Crippen molar-refractivity contribution in [1.82, 2.24) is 5.32 Å². The zero-order valence-electron chi connectivity index (χ0n) is 10.9. The summed E-state index contributed by atoms with van der Waals surface area (Å²) >= 11 is 0. The van der Waals surface area contributed by atoms with Gasteiger partial charge in [-0.25, -0.2) is 0 Å². The van der Waals surface area contributed by atoms with Crippen molar-refractivity contribution in [2.75, 3.05) is 6.61 Å². The SMILES string of the molecule is C[C@@H](CCc1ccccc1)NC(=O)[C@@H]1CCCO1. The molecule has 1 amide bonds. The van der Waals surface area contributed by atoms with Crippen LogP contribution < -0.4 is 5.32 Å². The van der Waals surface area contributed by atoms with Crippen molar-refractivity contribution in [3.05, 3.63) is 35.9 Å². The summed E-state index contributed by atoms with van der Waals surface area (Å²) in [4.78, 5) is 11.8. The van der Waals surface area contributed by atoms with Crippen LogP contribution in [0.25, 0.3) is 0 Å². The van der Waals surface area contributed by atoms with E-state index in [0.717, 1.165) is 32.3 Å². The van der Waals surface area contributed by atoms with Crippen molar-refractivity contribution >= 4 is 5.91 Å². The average molecular weight is 247 g/mol. The lowest BCUT2D eigenvalue weighted by atomic mass is 10.1. The lowest BCUT2D eigenvalue weighted by Crippen LogP contribution is -2.39. The van der Waals surface area contributed by atoms with Gasteiger partial charge in [-0.3, -0.25) is 4.79 Å². The molecule has 0 bridgehead atoms. The molecule has 1 N–H and O–H groups in total. The van der Waals surface area contributed by atoms with Crippen LogP contribution in [0.3, 0.4) is 0 Å². The maximum Gasteiger partial charge on any atom is 0.249 e. The number of ether oxygens (including phenoxy) is 1. The van der Waals surface area contributed by atoms with Gasteiger partial charge in [-0.05, 0) is 38.2 Å². The first-order chi connectivity index (χ1) is 8.75. The van der Waals surface area contributed by atoms with E-state index in [1.165, 1.54) is 5.56 Å². The molecule has 0 aliphatic carbocycles. The van der Waals surface area contributed by atoms with Gasteiger partial charge in [0, 0.05) is 12.6 Å². The Morgan fingerprint density at radius 3 is 2.89 bits per heavy atom. The standard InChI is InChI=1S/C15H21NO2/c1-12(9-10-13-6-3-2-4-7-13)16-15(17)14-8-5-11-18-14/h2-4,6-7,12,14H,5,8-11H2,1H3,(H,16,17)/t12-,14-/m0/s1. The molecule has 0 unspecified atom stereocenters. The van der Waals surface area contributed by atoms with Gasteiger partial charge in [0.1, 0.15) is 6.10 Å². The Morgan fingerprint density at radius 2 is 2.22 bits per heavy atom. The molecule has 1 saturated heterocycles. The number of amides is 1. The molecule has 0 saturated carbocycles. The van der Waals surface area contributed by atoms with Gasteiger partial charge >= 0.3 is 0 Å². The summed E-state index contributed by atoms with van der Waals surface area (Å²) < 4.78 is 5.37. The molecule has 1 heterocycles. The largest absolute Gasteiger partial charge is 0.368 e. The number of carbonyl (C=O) groups is 1. The number of rotatable bonds is 5. The Morgan fingerprint density at radius 1 is 1.44 bits per heavy atom. The van der Waals surface area contributed by atoms with Crippen LogP contribution >= 0.6 is 0 Å². The molecule has 1 aliphatic rings. The van der Waals surface area contributed by atoms with Gasteiger partial charge < -0.3 is 10.1 Å². The van der Waals surface area contributed by atoms with Crippen LogP contribution in [0.4, 0.5) is 0 Å². The van der Waals surface area contributed by atoms with Crippen LogP contribution in [-0.2, 0) is 16.0 Å². The first-order valence-corrected chi connectivity index (χ1v) is 6.71. The quantitative estimate of drug-likeness (QED) is 0.867. The highest BCUT2D eigenvalue weighted by molar-refractivity contribution is 5.81. The summed E-state index contributed by atoms with van der Waals surface area (Å²) in [5.41, 5.74) is 1.32.